The van der Waals surface area contributed by atoms with Crippen molar-refractivity contribution in [3.63, 3.8) is 0 Å². The maximum Gasteiger partial charge on any atom is 0.159 e. The summed E-state index contributed by atoms with van der Waals surface area (Å²) in [6.07, 6.45) is 0. The van der Waals surface area contributed by atoms with Crippen LogP contribution in [0.15, 0.2) is 42.5 Å². The van der Waals surface area contributed by atoms with Gasteiger partial charge < -0.3 is 5.32 Å². The van der Waals surface area contributed by atoms with Crippen LogP contribution in [0.3, 0.4) is 0 Å². The predicted octanol–water partition coefficient (Wildman–Crippen LogP) is 4.51. The lowest BCUT2D eigenvalue weighted by Crippen LogP contribution is -2.07. The van der Waals surface area contributed by atoms with Gasteiger partial charge in [0, 0.05) is 17.3 Å². The van der Waals surface area contributed by atoms with Crippen molar-refractivity contribution >= 4 is 11.5 Å². The lowest BCUT2D eigenvalue weighted by Gasteiger charge is -2.16. The lowest BCUT2D eigenvalue weighted by atomic mass is 10.1. The van der Waals surface area contributed by atoms with E-state index >= 15 is 0 Å². The van der Waals surface area contributed by atoms with E-state index in [4.69, 9.17) is 0 Å². The average Bonchev–Trinajstić information content (AvgIpc) is 2.42. The molecular formula is C17H18FNO. The second-order valence-electron chi connectivity index (χ2n) is 5.01. The minimum Gasteiger partial charge on any atom is -0.379 e. The molecule has 2 rings (SSSR count). The van der Waals surface area contributed by atoms with Crippen LogP contribution in [0.2, 0.25) is 0 Å². The summed E-state index contributed by atoms with van der Waals surface area (Å²) in [6.45, 7) is 5.26. The molecule has 0 amide bonds. The largest absolute Gasteiger partial charge is 0.379 e. The van der Waals surface area contributed by atoms with Crippen molar-refractivity contribution in [3.8, 4) is 0 Å². The molecule has 0 saturated heterocycles. The first-order valence-electron chi connectivity index (χ1n) is 6.61. The molecule has 0 saturated carbocycles. The van der Waals surface area contributed by atoms with Crippen LogP contribution in [0.25, 0.3) is 0 Å². The standard InChI is InChI=1S/C17H18FNO/c1-11-4-5-15(10-17(11)18)12(2)19-16-8-6-14(7-9-16)13(3)20/h4-10,12,19H,1-3H3. The van der Waals surface area contributed by atoms with Gasteiger partial charge in [0.2, 0.25) is 0 Å². The van der Waals surface area contributed by atoms with Gasteiger partial charge in [0.1, 0.15) is 5.82 Å². The zero-order valence-electron chi connectivity index (χ0n) is 11.9. The fourth-order valence-corrected chi connectivity index (χ4v) is 2.01. The number of aryl methyl sites for hydroxylation is 1. The molecule has 20 heavy (non-hydrogen) atoms. The van der Waals surface area contributed by atoms with Crippen LogP contribution in [-0.2, 0) is 0 Å². The zero-order chi connectivity index (χ0) is 14.7. The number of benzene rings is 2. The Kier molecular flexibility index (Phi) is 4.18. The predicted molar refractivity (Wildman–Crippen MR) is 79.6 cm³/mol. The fourth-order valence-electron chi connectivity index (χ4n) is 2.01. The van der Waals surface area contributed by atoms with E-state index in [1.807, 2.05) is 25.1 Å². The van der Waals surface area contributed by atoms with E-state index < -0.39 is 0 Å². The minimum atomic E-state index is -0.192. The van der Waals surface area contributed by atoms with Crippen LogP contribution in [0.4, 0.5) is 10.1 Å². The third-order valence-corrected chi connectivity index (χ3v) is 3.37. The van der Waals surface area contributed by atoms with Gasteiger partial charge in [-0.25, -0.2) is 4.39 Å². The minimum absolute atomic E-state index is 0.00622. The highest BCUT2D eigenvalue weighted by Gasteiger charge is 2.08. The normalized spacial score (nSPS) is 12.0. The third-order valence-electron chi connectivity index (χ3n) is 3.37. The molecule has 0 radical (unpaired) electrons. The smallest absolute Gasteiger partial charge is 0.159 e. The van der Waals surface area contributed by atoms with Crippen LogP contribution < -0.4 is 5.32 Å². The fraction of sp³-hybridized carbons (Fsp3) is 0.235. The maximum absolute atomic E-state index is 13.6. The van der Waals surface area contributed by atoms with Gasteiger partial charge in [-0.3, -0.25) is 4.79 Å². The van der Waals surface area contributed by atoms with Gasteiger partial charge in [-0.05, 0) is 62.2 Å². The molecule has 0 spiro atoms. The highest BCUT2D eigenvalue weighted by molar-refractivity contribution is 5.94. The van der Waals surface area contributed by atoms with Gasteiger partial charge >= 0.3 is 0 Å². The van der Waals surface area contributed by atoms with Crippen molar-refractivity contribution in [2.75, 3.05) is 5.32 Å². The summed E-state index contributed by atoms with van der Waals surface area (Å²) in [6, 6.07) is 12.5. The molecule has 2 aromatic carbocycles. The molecule has 2 aromatic rings. The number of ketones is 1. The second kappa shape index (κ2) is 5.87. The van der Waals surface area contributed by atoms with Crippen LogP contribution in [0.1, 0.15) is 41.4 Å². The summed E-state index contributed by atoms with van der Waals surface area (Å²) in [5.41, 5.74) is 3.13. The van der Waals surface area contributed by atoms with Gasteiger partial charge in [0.25, 0.3) is 0 Å². The summed E-state index contributed by atoms with van der Waals surface area (Å²) in [5, 5.41) is 3.29. The zero-order valence-corrected chi connectivity index (χ0v) is 11.9. The monoisotopic (exact) mass is 271 g/mol. The first kappa shape index (κ1) is 14.3. The van der Waals surface area contributed by atoms with Gasteiger partial charge in [0.15, 0.2) is 5.78 Å². The molecule has 1 N–H and O–H groups in total. The number of hydrogen-bond acceptors (Lipinski definition) is 2. The Morgan fingerprint density at radius 2 is 1.80 bits per heavy atom. The number of hydrogen-bond donors (Lipinski definition) is 1. The van der Waals surface area contributed by atoms with Crippen LogP contribution in [-0.4, -0.2) is 5.78 Å². The van der Waals surface area contributed by atoms with Gasteiger partial charge in [-0.15, -0.1) is 0 Å². The molecule has 0 bridgehead atoms. The molecular weight excluding hydrogens is 253 g/mol. The van der Waals surface area contributed by atoms with E-state index in [1.54, 1.807) is 38.1 Å². The summed E-state index contributed by atoms with van der Waals surface area (Å²) in [4.78, 5) is 11.2. The Bertz CT molecular complexity index is 619. The SMILES string of the molecule is CC(=O)c1ccc(NC(C)c2ccc(C)c(F)c2)cc1. The third kappa shape index (κ3) is 3.23. The van der Waals surface area contributed by atoms with Crippen molar-refractivity contribution in [2.24, 2.45) is 0 Å². The summed E-state index contributed by atoms with van der Waals surface area (Å²) < 4.78 is 13.6. The van der Waals surface area contributed by atoms with Crippen molar-refractivity contribution in [1.82, 2.24) is 0 Å². The van der Waals surface area contributed by atoms with Gasteiger partial charge in [-0.1, -0.05) is 12.1 Å². The van der Waals surface area contributed by atoms with E-state index in [1.165, 1.54) is 0 Å². The lowest BCUT2D eigenvalue weighted by molar-refractivity contribution is 0.101. The first-order chi connectivity index (χ1) is 9.47. The van der Waals surface area contributed by atoms with Crippen LogP contribution in [0.5, 0.6) is 0 Å². The van der Waals surface area contributed by atoms with E-state index in [0.717, 1.165) is 11.3 Å². The molecule has 0 heterocycles. The molecule has 0 fully saturated rings. The molecule has 2 nitrogen and oxygen atoms in total. The number of carbonyl (C=O) groups is 1. The quantitative estimate of drug-likeness (QED) is 0.829. The van der Waals surface area contributed by atoms with Crippen molar-refractivity contribution < 1.29 is 9.18 Å². The summed E-state index contributed by atoms with van der Waals surface area (Å²) in [5.74, 6) is -0.145. The Morgan fingerprint density at radius 3 is 2.35 bits per heavy atom. The van der Waals surface area contributed by atoms with E-state index in [-0.39, 0.29) is 17.6 Å². The van der Waals surface area contributed by atoms with Crippen LogP contribution >= 0.6 is 0 Å². The Hall–Kier alpha value is -2.16. The Morgan fingerprint density at radius 1 is 1.15 bits per heavy atom. The van der Waals surface area contributed by atoms with Gasteiger partial charge in [-0.2, -0.15) is 0 Å². The van der Waals surface area contributed by atoms with E-state index in [2.05, 4.69) is 5.32 Å². The molecule has 0 aromatic heterocycles. The summed E-state index contributed by atoms with van der Waals surface area (Å²) in [7, 11) is 0. The van der Waals surface area contributed by atoms with Crippen molar-refractivity contribution in [3.05, 3.63) is 65.0 Å². The highest BCUT2D eigenvalue weighted by atomic mass is 19.1. The number of carbonyl (C=O) groups excluding carboxylic acids is 1. The van der Waals surface area contributed by atoms with Crippen molar-refractivity contribution in [2.45, 2.75) is 26.8 Å². The molecule has 104 valence electrons. The van der Waals surface area contributed by atoms with E-state index in [9.17, 15) is 9.18 Å². The Labute approximate surface area is 118 Å². The molecule has 0 aliphatic heterocycles. The van der Waals surface area contributed by atoms with Crippen LogP contribution in [0, 0.1) is 12.7 Å². The molecule has 0 aliphatic carbocycles. The van der Waals surface area contributed by atoms with E-state index in [0.29, 0.717) is 11.1 Å². The van der Waals surface area contributed by atoms with Gasteiger partial charge in [0.05, 0.1) is 0 Å². The maximum atomic E-state index is 13.6. The average molecular weight is 271 g/mol. The highest BCUT2D eigenvalue weighted by Crippen LogP contribution is 2.21. The number of nitrogens with one attached hydrogen (secondary N) is 1. The Balaban J connectivity index is 2.12. The first-order valence-corrected chi connectivity index (χ1v) is 6.61. The molecule has 1 atom stereocenters. The topological polar surface area (TPSA) is 29.1 Å². The molecule has 3 heteroatoms. The second-order valence-corrected chi connectivity index (χ2v) is 5.01. The summed E-state index contributed by atoms with van der Waals surface area (Å²) >= 11 is 0. The number of halogens is 1. The number of Topliss-reactive ketones (excluding diaryl/α,β-unsaturated/α-hetero) is 1. The molecule has 1 unspecified atom stereocenters. The number of anilines is 1. The number of rotatable bonds is 4. The molecule has 0 aliphatic rings. The van der Waals surface area contributed by atoms with Crippen molar-refractivity contribution in [1.29, 1.82) is 0 Å².